The zero-order chi connectivity index (χ0) is 22.0. The van der Waals surface area contributed by atoms with E-state index in [4.69, 9.17) is 4.99 Å². The molecule has 0 saturated carbocycles. The number of piperazine rings is 1. The molecule has 2 aliphatic rings. The number of sulfonamides is 1. The van der Waals surface area contributed by atoms with Gasteiger partial charge < -0.3 is 10.6 Å². The smallest absolute Gasteiger partial charge is 0.243 e. The highest BCUT2D eigenvalue weighted by Gasteiger charge is 2.31. The first-order chi connectivity index (χ1) is 14.8. The molecule has 2 aromatic rings. The molecular weight excluding hydrogens is 417 g/mol. The molecule has 1 atom stereocenters. The summed E-state index contributed by atoms with van der Waals surface area (Å²) in [5.74, 6) is 0.378. The number of amidine groups is 1. The maximum Gasteiger partial charge on any atom is 0.243 e. The molecule has 0 amide bonds. The van der Waals surface area contributed by atoms with Crippen molar-refractivity contribution in [1.82, 2.24) is 14.5 Å². The molecule has 2 aliphatic heterocycles. The Morgan fingerprint density at radius 1 is 1.00 bits per heavy atom. The van der Waals surface area contributed by atoms with E-state index < -0.39 is 10.0 Å². The number of halogens is 1. The van der Waals surface area contributed by atoms with Crippen molar-refractivity contribution >= 4 is 21.5 Å². The van der Waals surface area contributed by atoms with Crippen LogP contribution in [0.25, 0.3) is 0 Å². The normalized spacial score (nSPS) is 20.5. The van der Waals surface area contributed by atoms with Crippen LogP contribution in [-0.2, 0) is 10.0 Å². The van der Waals surface area contributed by atoms with E-state index >= 15 is 0 Å². The first-order valence-corrected chi connectivity index (χ1v) is 11.6. The number of aryl methyl sites for hydroxylation is 1. The second-order valence-corrected chi connectivity index (χ2v) is 9.68. The van der Waals surface area contributed by atoms with Crippen molar-refractivity contribution in [2.45, 2.75) is 25.0 Å². The van der Waals surface area contributed by atoms with Gasteiger partial charge in [-0.3, -0.25) is 4.90 Å². The summed E-state index contributed by atoms with van der Waals surface area (Å²) in [7, 11) is -3.50. The molecule has 31 heavy (non-hydrogen) atoms. The van der Waals surface area contributed by atoms with Crippen molar-refractivity contribution in [3.63, 3.8) is 0 Å². The van der Waals surface area contributed by atoms with Gasteiger partial charge in [0.25, 0.3) is 0 Å². The molecular formula is C22H26FN5O2S. The third-order valence-electron chi connectivity index (χ3n) is 5.37. The predicted octanol–water partition coefficient (Wildman–Crippen LogP) is 2.74. The Bertz CT molecular complexity index is 1090. The second kappa shape index (κ2) is 8.78. The van der Waals surface area contributed by atoms with Crippen LogP contribution >= 0.6 is 0 Å². The Balaban J connectivity index is 1.42. The number of hydrogen-bond donors (Lipinski definition) is 2. The van der Waals surface area contributed by atoms with Crippen molar-refractivity contribution in [2.75, 3.05) is 31.5 Å². The van der Waals surface area contributed by atoms with Crippen LogP contribution in [0.1, 0.15) is 12.5 Å². The minimum atomic E-state index is -3.50. The maximum absolute atomic E-state index is 13.1. The zero-order valence-electron chi connectivity index (χ0n) is 17.5. The number of hydrogen-bond acceptors (Lipinski definition) is 6. The molecule has 1 unspecified atom stereocenters. The maximum atomic E-state index is 13.1. The molecule has 2 aromatic carbocycles. The van der Waals surface area contributed by atoms with Gasteiger partial charge in [0, 0.05) is 37.6 Å². The monoisotopic (exact) mass is 443 g/mol. The van der Waals surface area contributed by atoms with Crippen LogP contribution in [-0.4, -0.2) is 55.9 Å². The van der Waals surface area contributed by atoms with Crippen LogP contribution < -0.4 is 10.6 Å². The number of nitrogens with one attached hydrogen (secondary N) is 2. The topological polar surface area (TPSA) is 77.0 Å². The molecule has 164 valence electrons. The average molecular weight is 444 g/mol. The number of rotatable bonds is 4. The number of benzene rings is 2. The summed E-state index contributed by atoms with van der Waals surface area (Å²) in [4.78, 5) is 7.15. The van der Waals surface area contributed by atoms with Crippen LogP contribution in [0.5, 0.6) is 0 Å². The SMILES string of the molecule is CC1=CC(Nc2ccc(F)cc2)=NC(N2CCN(S(=O)(=O)c3ccc(C)cc3)CC2)N1. The summed E-state index contributed by atoms with van der Waals surface area (Å²) in [5, 5.41) is 6.53. The van der Waals surface area contributed by atoms with Crippen molar-refractivity contribution < 1.29 is 12.8 Å². The molecule has 9 heteroatoms. The van der Waals surface area contributed by atoms with Gasteiger partial charge in [-0.15, -0.1) is 0 Å². The van der Waals surface area contributed by atoms with Crippen molar-refractivity contribution in [3.8, 4) is 0 Å². The van der Waals surface area contributed by atoms with Crippen LogP contribution in [0.15, 0.2) is 70.2 Å². The highest BCUT2D eigenvalue weighted by Crippen LogP contribution is 2.20. The minimum Gasteiger partial charge on any atom is -0.355 e. The van der Waals surface area contributed by atoms with Gasteiger partial charge in [0.05, 0.1) is 4.90 Å². The van der Waals surface area contributed by atoms with Crippen molar-refractivity contribution in [1.29, 1.82) is 0 Å². The molecule has 0 bridgehead atoms. The summed E-state index contributed by atoms with van der Waals surface area (Å²) in [5.41, 5.74) is 2.72. The first kappa shape index (κ1) is 21.5. The van der Waals surface area contributed by atoms with Gasteiger partial charge in [-0.25, -0.2) is 17.8 Å². The van der Waals surface area contributed by atoms with E-state index in [1.807, 2.05) is 32.1 Å². The Kier molecular flexibility index (Phi) is 6.08. The van der Waals surface area contributed by atoms with Gasteiger partial charge >= 0.3 is 0 Å². The Morgan fingerprint density at radius 2 is 1.65 bits per heavy atom. The Hall–Kier alpha value is -2.75. The molecule has 2 N–H and O–H groups in total. The van der Waals surface area contributed by atoms with E-state index in [1.54, 1.807) is 24.3 Å². The zero-order valence-corrected chi connectivity index (χ0v) is 18.4. The summed E-state index contributed by atoms with van der Waals surface area (Å²) >= 11 is 0. The van der Waals surface area contributed by atoms with E-state index in [9.17, 15) is 12.8 Å². The lowest BCUT2D eigenvalue weighted by molar-refractivity contribution is 0.125. The fraction of sp³-hybridized carbons (Fsp3) is 0.318. The minimum absolute atomic E-state index is 0.291. The van der Waals surface area contributed by atoms with Gasteiger partial charge in [0.2, 0.25) is 10.0 Å². The molecule has 0 aliphatic carbocycles. The largest absolute Gasteiger partial charge is 0.355 e. The molecule has 2 heterocycles. The lowest BCUT2D eigenvalue weighted by Gasteiger charge is -2.38. The predicted molar refractivity (Wildman–Crippen MR) is 120 cm³/mol. The van der Waals surface area contributed by atoms with Crippen molar-refractivity contribution in [2.24, 2.45) is 4.99 Å². The van der Waals surface area contributed by atoms with E-state index in [0.717, 1.165) is 16.9 Å². The molecule has 1 fully saturated rings. The highest BCUT2D eigenvalue weighted by molar-refractivity contribution is 7.89. The van der Waals surface area contributed by atoms with Gasteiger partial charge in [0.1, 0.15) is 11.7 Å². The van der Waals surface area contributed by atoms with Gasteiger partial charge in [-0.1, -0.05) is 17.7 Å². The molecule has 0 aromatic heterocycles. The van der Waals surface area contributed by atoms with Crippen LogP contribution in [0.2, 0.25) is 0 Å². The molecule has 1 saturated heterocycles. The highest BCUT2D eigenvalue weighted by atomic mass is 32.2. The number of anilines is 1. The molecule has 7 nitrogen and oxygen atoms in total. The van der Waals surface area contributed by atoms with Crippen LogP contribution in [0.3, 0.4) is 0 Å². The third-order valence-corrected chi connectivity index (χ3v) is 7.28. The number of aliphatic imine (C=N–C) groups is 1. The fourth-order valence-corrected chi connectivity index (χ4v) is 5.04. The van der Waals surface area contributed by atoms with E-state index in [0.29, 0.717) is 36.9 Å². The number of allylic oxidation sites excluding steroid dienone is 1. The summed E-state index contributed by atoms with van der Waals surface area (Å²) in [6.45, 7) is 5.79. The standard InChI is InChI=1S/C22H26FN5O2S/c1-16-3-9-20(10-4-16)31(29,30)28-13-11-27(12-14-28)22-24-17(2)15-21(26-22)25-19-7-5-18(23)6-8-19/h3-10,15,22,24H,11-14H2,1-2H3,(H,25,26). The molecule has 0 radical (unpaired) electrons. The van der Waals surface area contributed by atoms with Gasteiger partial charge in [0.15, 0.2) is 6.29 Å². The second-order valence-electron chi connectivity index (χ2n) is 7.74. The van der Waals surface area contributed by atoms with Crippen LogP contribution in [0.4, 0.5) is 10.1 Å². The summed E-state index contributed by atoms with van der Waals surface area (Å²) in [6.07, 6.45) is 1.59. The summed E-state index contributed by atoms with van der Waals surface area (Å²) < 4.78 is 40.5. The lowest BCUT2D eigenvalue weighted by Crippen LogP contribution is -2.55. The first-order valence-electron chi connectivity index (χ1n) is 10.2. The third kappa shape index (κ3) is 4.95. The average Bonchev–Trinajstić information content (AvgIpc) is 2.75. The number of nitrogens with zero attached hydrogens (tertiary/aromatic N) is 3. The van der Waals surface area contributed by atoms with E-state index in [-0.39, 0.29) is 12.1 Å². The van der Waals surface area contributed by atoms with E-state index in [2.05, 4.69) is 15.5 Å². The van der Waals surface area contributed by atoms with E-state index in [1.165, 1.54) is 16.4 Å². The van der Waals surface area contributed by atoms with Gasteiger partial charge in [-0.2, -0.15) is 4.31 Å². The fourth-order valence-electron chi connectivity index (χ4n) is 3.62. The lowest BCUT2D eigenvalue weighted by atomic mass is 10.2. The van der Waals surface area contributed by atoms with Crippen LogP contribution in [0, 0.1) is 12.7 Å². The summed E-state index contributed by atoms with van der Waals surface area (Å²) in [6, 6.07) is 13.1. The van der Waals surface area contributed by atoms with Crippen molar-refractivity contribution in [3.05, 3.63) is 71.7 Å². The Morgan fingerprint density at radius 3 is 2.29 bits per heavy atom. The quantitative estimate of drug-likeness (QED) is 0.760. The molecule has 4 rings (SSSR count). The molecule has 0 spiro atoms. The Labute approximate surface area is 182 Å². The van der Waals surface area contributed by atoms with Gasteiger partial charge in [-0.05, 0) is 56.3 Å².